The van der Waals surface area contributed by atoms with Gasteiger partial charge in [-0.2, -0.15) is 10.5 Å². The summed E-state index contributed by atoms with van der Waals surface area (Å²) in [4.78, 5) is 29.4. The van der Waals surface area contributed by atoms with Crippen molar-refractivity contribution in [1.29, 1.82) is 5.26 Å². The van der Waals surface area contributed by atoms with Crippen LogP contribution >= 0.6 is 22.7 Å². The number of aryl methyl sites for hydroxylation is 2. The first-order valence-electron chi connectivity index (χ1n) is 11.6. The number of primary amides is 1. The molecule has 1 fully saturated rings. The number of aromatic nitrogens is 4. The first-order valence-corrected chi connectivity index (χ1v) is 13.3. The molecule has 1 saturated heterocycles. The summed E-state index contributed by atoms with van der Waals surface area (Å²) in [6.45, 7) is 2.78. The van der Waals surface area contributed by atoms with Crippen LogP contribution in [0.1, 0.15) is 62.6 Å². The normalized spacial score (nSPS) is 22.2. The number of carbonyl (C=O) groups is 2. The van der Waals surface area contributed by atoms with Crippen LogP contribution in [0.25, 0.3) is 0 Å². The number of fused-ring (bicyclic) bond motifs is 2. The zero-order chi connectivity index (χ0) is 24.6. The van der Waals surface area contributed by atoms with Crippen LogP contribution in [-0.4, -0.2) is 62.5 Å². The van der Waals surface area contributed by atoms with Crippen LogP contribution in [0, 0.1) is 11.3 Å². The van der Waals surface area contributed by atoms with Gasteiger partial charge in [0.1, 0.15) is 6.04 Å². The molecule has 3 atom stereocenters. The Morgan fingerprint density at radius 3 is 2.97 bits per heavy atom. The molecule has 4 heterocycles. The lowest BCUT2D eigenvalue weighted by Crippen LogP contribution is -2.45. The van der Waals surface area contributed by atoms with Gasteiger partial charge < -0.3 is 16.0 Å². The van der Waals surface area contributed by atoms with E-state index in [1.807, 2.05) is 13.0 Å². The number of nitrogens with zero attached hydrogens (tertiary/aromatic N) is 5. The lowest BCUT2D eigenvalue weighted by molar-refractivity contribution is -0.130. The van der Waals surface area contributed by atoms with Crippen LogP contribution in [0.3, 0.4) is 0 Å². The van der Waals surface area contributed by atoms with E-state index in [0.29, 0.717) is 23.7 Å². The van der Waals surface area contributed by atoms with Crippen LogP contribution in [0.4, 0.5) is 0 Å². The number of thiophene rings is 2. The zero-order valence-electron chi connectivity index (χ0n) is 19.3. The van der Waals surface area contributed by atoms with Crippen LogP contribution in [0.5, 0.6) is 0 Å². The second kappa shape index (κ2) is 9.49. The predicted molar refractivity (Wildman–Crippen MR) is 131 cm³/mol. The van der Waals surface area contributed by atoms with E-state index in [4.69, 9.17) is 5.73 Å². The molecule has 5 rings (SSSR count). The van der Waals surface area contributed by atoms with Crippen LogP contribution < -0.4 is 11.1 Å². The molecule has 0 spiro atoms. The summed E-state index contributed by atoms with van der Waals surface area (Å²) in [5, 5.41) is 30.1. The molecular formula is C23H26N8O2S2. The number of nitrogens with two attached hydrogens (primary N) is 1. The minimum atomic E-state index is -0.753. The van der Waals surface area contributed by atoms with Crippen molar-refractivity contribution < 1.29 is 9.59 Å². The highest BCUT2D eigenvalue weighted by Gasteiger charge is 2.47. The van der Waals surface area contributed by atoms with Gasteiger partial charge in [-0.15, -0.1) is 32.9 Å². The summed E-state index contributed by atoms with van der Waals surface area (Å²) in [7, 11) is 0. The van der Waals surface area contributed by atoms with Gasteiger partial charge in [-0.3, -0.25) is 9.59 Å². The fourth-order valence-electron chi connectivity index (χ4n) is 5.37. The quantitative estimate of drug-likeness (QED) is 0.437. The van der Waals surface area contributed by atoms with Gasteiger partial charge in [-0.05, 0) is 67.7 Å². The van der Waals surface area contributed by atoms with E-state index >= 15 is 0 Å². The third-order valence-corrected chi connectivity index (χ3v) is 9.15. The molecule has 3 aromatic heterocycles. The first-order chi connectivity index (χ1) is 16.9. The monoisotopic (exact) mass is 510 g/mol. The van der Waals surface area contributed by atoms with Gasteiger partial charge in [0.25, 0.3) is 5.91 Å². The topological polar surface area (TPSA) is 154 Å². The summed E-state index contributed by atoms with van der Waals surface area (Å²) >= 11 is 3.13. The summed E-state index contributed by atoms with van der Waals surface area (Å²) in [5.41, 5.74) is 6.97. The number of likely N-dealkylation sites (tertiary alicyclic amines) is 1. The molecule has 2 amide bonds. The Kier molecular flexibility index (Phi) is 6.39. The second-order valence-corrected chi connectivity index (χ2v) is 11.2. The molecular weight excluding hydrogens is 484 g/mol. The standard InChI is InChI=1S/C23H26N8O2S2/c1-13(26-12-20(32)31-7-2-3-14(31)11-24)10-23(22-27-29-30-28-22)15-6-8-34-17(15)4-5-18-16(23)9-19(35-18)21(25)33/h6,8-9,13-14,26H,2-5,7,10,12H2,1H3,(H2,25,33)(H,27,28,29,30)/t13-,14-,23?/m0/s1. The fraction of sp³-hybridized carbons (Fsp3) is 0.478. The molecule has 10 nitrogen and oxygen atoms in total. The number of amides is 2. The van der Waals surface area contributed by atoms with Gasteiger partial charge in [-0.25, -0.2) is 0 Å². The van der Waals surface area contributed by atoms with Crippen LogP contribution in [0.2, 0.25) is 0 Å². The highest BCUT2D eigenvalue weighted by molar-refractivity contribution is 7.14. The van der Waals surface area contributed by atoms with Gasteiger partial charge in [0.2, 0.25) is 5.91 Å². The lowest BCUT2D eigenvalue weighted by atomic mass is 9.70. The average molecular weight is 511 g/mol. The van der Waals surface area contributed by atoms with Crippen molar-refractivity contribution in [3.05, 3.63) is 49.1 Å². The maximum Gasteiger partial charge on any atom is 0.258 e. The number of rotatable bonds is 7. The number of H-pyrrole nitrogens is 1. The number of nitriles is 1. The van der Waals surface area contributed by atoms with Gasteiger partial charge >= 0.3 is 0 Å². The largest absolute Gasteiger partial charge is 0.365 e. The Bertz CT molecular complexity index is 1280. The Hall–Kier alpha value is -3.14. The molecule has 1 unspecified atom stereocenters. The summed E-state index contributed by atoms with van der Waals surface area (Å²) < 4.78 is 0. The summed E-state index contributed by atoms with van der Waals surface area (Å²) in [6.07, 6.45) is 3.77. The Morgan fingerprint density at radius 2 is 2.23 bits per heavy atom. The minimum Gasteiger partial charge on any atom is -0.365 e. The number of carbonyl (C=O) groups excluding carboxylic acids is 2. The van der Waals surface area contributed by atoms with Crippen molar-refractivity contribution in [2.24, 2.45) is 5.73 Å². The molecule has 0 bridgehead atoms. The number of hydrogen-bond acceptors (Lipinski definition) is 9. The molecule has 0 aromatic carbocycles. The highest BCUT2D eigenvalue weighted by atomic mass is 32.1. The van der Waals surface area contributed by atoms with E-state index in [1.54, 1.807) is 16.2 Å². The zero-order valence-corrected chi connectivity index (χ0v) is 20.9. The van der Waals surface area contributed by atoms with E-state index in [-0.39, 0.29) is 24.5 Å². The van der Waals surface area contributed by atoms with Crippen molar-refractivity contribution in [3.8, 4) is 6.07 Å². The maximum atomic E-state index is 12.8. The average Bonchev–Trinajstić information content (AvgIpc) is 3.65. The summed E-state index contributed by atoms with van der Waals surface area (Å²) in [5.74, 6) is 0.00193. The number of tetrazole rings is 1. The minimum absolute atomic E-state index is 0.0705. The van der Waals surface area contributed by atoms with Gasteiger partial charge in [0.15, 0.2) is 5.82 Å². The van der Waals surface area contributed by atoms with Gasteiger partial charge in [0, 0.05) is 22.3 Å². The van der Waals surface area contributed by atoms with Crippen LogP contribution in [0.15, 0.2) is 17.5 Å². The third-order valence-electron chi connectivity index (χ3n) is 6.96. The van der Waals surface area contributed by atoms with Crippen molar-refractivity contribution in [1.82, 2.24) is 30.8 Å². The number of hydrogen-bond donors (Lipinski definition) is 3. The Balaban J connectivity index is 1.50. The van der Waals surface area contributed by atoms with E-state index in [1.165, 1.54) is 16.2 Å². The Labute approximate surface area is 210 Å². The van der Waals surface area contributed by atoms with Crippen molar-refractivity contribution in [2.45, 2.75) is 56.5 Å². The Morgan fingerprint density at radius 1 is 1.40 bits per heavy atom. The molecule has 2 aliphatic rings. The number of aromatic amines is 1. The van der Waals surface area contributed by atoms with E-state index < -0.39 is 11.3 Å². The predicted octanol–water partition coefficient (Wildman–Crippen LogP) is 1.74. The van der Waals surface area contributed by atoms with Gasteiger partial charge in [0.05, 0.1) is 22.9 Å². The molecule has 1 aliphatic carbocycles. The molecule has 4 N–H and O–H groups in total. The third kappa shape index (κ3) is 4.13. The molecule has 0 radical (unpaired) electrons. The molecule has 1 aliphatic heterocycles. The molecule has 12 heteroatoms. The smallest absolute Gasteiger partial charge is 0.258 e. The molecule has 3 aromatic rings. The fourth-order valence-corrected chi connectivity index (χ4v) is 7.42. The van der Waals surface area contributed by atoms with Gasteiger partial charge in [-0.1, -0.05) is 5.21 Å². The summed E-state index contributed by atoms with van der Waals surface area (Å²) in [6, 6.07) is 5.75. The van der Waals surface area contributed by atoms with E-state index in [2.05, 4.69) is 43.5 Å². The molecule has 182 valence electrons. The second-order valence-electron chi connectivity index (χ2n) is 9.07. The van der Waals surface area contributed by atoms with E-state index in [0.717, 1.165) is 41.7 Å². The van der Waals surface area contributed by atoms with Crippen molar-refractivity contribution >= 4 is 34.5 Å². The van der Waals surface area contributed by atoms with Crippen LogP contribution in [-0.2, 0) is 23.1 Å². The SMILES string of the molecule is C[C@@H](CC1(c2nn[nH]n2)c2ccsc2CCc2sc(C(N)=O)cc21)NCC(=O)N1CCC[C@H]1C#N. The maximum absolute atomic E-state index is 12.8. The number of nitrogens with one attached hydrogen (secondary N) is 2. The van der Waals surface area contributed by atoms with E-state index in [9.17, 15) is 14.9 Å². The molecule has 35 heavy (non-hydrogen) atoms. The molecule has 0 saturated carbocycles. The van der Waals surface area contributed by atoms with Crippen molar-refractivity contribution in [3.63, 3.8) is 0 Å². The van der Waals surface area contributed by atoms with Crippen molar-refractivity contribution in [2.75, 3.05) is 13.1 Å². The lowest BCUT2D eigenvalue weighted by Gasteiger charge is -2.34. The first kappa shape index (κ1) is 23.6. The highest BCUT2D eigenvalue weighted by Crippen LogP contribution is 2.49.